The number of carbonyl (C=O) groups is 3. The fourth-order valence-electron chi connectivity index (χ4n) is 4.81. The zero-order valence-corrected chi connectivity index (χ0v) is 25.5. The van der Waals surface area contributed by atoms with Crippen molar-refractivity contribution >= 4 is 29.1 Å². The van der Waals surface area contributed by atoms with Crippen molar-refractivity contribution in [3.8, 4) is 23.0 Å². The number of nitrogens with two attached hydrogens (primary N) is 2. The molecule has 1 atom stereocenters. The van der Waals surface area contributed by atoms with Gasteiger partial charge in [0.05, 0.1) is 39.8 Å². The van der Waals surface area contributed by atoms with E-state index in [1.54, 1.807) is 60.7 Å². The number of anilines is 2. The number of benzene rings is 4. The summed E-state index contributed by atoms with van der Waals surface area (Å²) in [6, 6.07) is 23.6. The molecule has 3 amide bonds. The Balaban J connectivity index is 1.67. The summed E-state index contributed by atoms with van der Waals surface area (Å²) in [7, 11) is 6.13. The molecule has 11 heteroatoms. The molecule has 234 valence electrons. The molecule has 5 N–H and O–H groups in total. The quantitative estimate of drug-likeness (QED) is 0.149. The lowest BCUT2D eigenvalue weighted by Crippen LogP contribution is -2.40. The van der Waals surface area contributed by atoms with Crippen LogP contribution in [0.25, 0.3) is 0 Å². The summed E-state index contributed by atoms with van der Waals surface area (Å²) in [5, 5.41) is 2.76. The predicted octanol–water partition coefficient (Wildman–Crippen LogP) is 4.35. The smallest absolute Gasteiger partial charge is 0.255 e. The van der Waals surface area contributed by atoms with Gasteiger partial charge in [-0.3, -0.25) is 14.4 Å². The van der Waals surface area contributed by atoms with Crippen molar-refractivity contribution in [2.75, 3.05) is 39.5 Å². The third-order valence-corrected chi connectivity index (χ3v) is 7.13. The Kier molecular flexibility index (Phi) is 10.5. The van der Waals surface area contributed by atoms with Gasteiger partial charge in [-0.2, -0.15) is 0 Å². The van der Waals surface area contributed by atoms with E-state index in [0.29, 0.717) is 56.6 Å². The molecule has 0 aromatic heterocycles. The third-order valence-electron chi connectivity index (χ3n) is 7.13. The van der Waals surface area contributed by atoms with Crippen LogP contribution in [0.15, 0.2) is 84.9 Å². The molecular weight excluding hydrogens is 576 g/mol. The van der Waals surface area contributed by atoms with Gasteiger partial charge in [0.15, 0.2) is 0 Å². The fourth-order valence-corrected chi connectivity index (χ4v) is 4.81. The topological polar surface area (TPSA) is 155 Å². The van der Waals surface area contributed by atoms with Crippen LogP contribution in [0.4, 0.5) is 11.4 Å². The first kappa shape index (κ1) is 32.2. The van der Waals surface area contributed by atoms with Crippen molar-refractivity contribution in [3.05, 3.63) is 107 Å². The van der Waals surface area contributed by atoms with Crippen LogP contribution in [-0.2, 0) is 22.7 Å². The Hall–Kier alpha value is -5.71. The van der Waals surface area contributed by atoms with Gasteiger partial charge < -0.3 is 40.6 Å². The predicted molar refractivity (Wildman–Crippen MR) is 171 cm³/mol. The Morgan fingerprint density at radius 2 is 1.18 bits per heavy atom. The molecule has 0 fully saturated rings. The number of methoxy groups -OCH3 is 4. The van der Waals surface area contributed by atoms with E-state index < -0.39 is 23.6 Å². The highest BCUT2D eigenvalue weighted by Crippen LogP contribution is 2.29. The highest BCUT2D eigenvalue weighted by Gasteiger charge is 2.31. The van der Waals surface area contributed by atoms with E-state index in [9.17, 15) is 14.4 Å². The Morgan fingerprint density at radius 1 is 0.711 bits per heavy atom. The third kappa shape index (κ3) is 8.02. The summed E-state index contributed by atoms with van der Waals surface area (Å²) in [6.45, 7) is 0.184. The number of rotatable bonds is 13. The number of primary amides is 1. The minimum absolute atomic E-state index is 0.0920. The molecular formula is C34H36N4O7. The first-order valence-corrected chi connectivity index (χ1v) is 13.9. The molecule has 4 aromatic carbocycles. The Morgan fingerprint density at radius 3 is 1.60 bits per heavy atom. The molecule has 0 heterocycles. The standard InChI is InChI=1S/C34H36N4O7/c1-42-25-13-21(14-26(17-25)43-2)19-38(20-22-15-27(44-3)18-28(16-22)45-4)34(41)31(32(36)39)23-9-11-24(12-10-23)33(40)37-30-8-6-5-7-29(30)35/h5-18,31H,19-20,35H2,1-4H3,(H2,36,39)(H,37,40). The van der Waals surface area contributed by atoms with Gasteiger partial charge in [0.25, 0.3) is 5.91 Å². The van der Waals surface area contributed by atoms with Gasteiger partial charge in [0.1, 0.15) is 28.9 Å². The van der Waals surface area contributed by atoms with Crippen LogP contribution in [0, 0.1) is 0 Å². The van der Waals surface area contributed by atoms with E-state index in [1.165, 1.54) is 57.6 Å². The van der Waals surface area contributed by atoms with Crippen LogP contribution in [0.5, 0.6) is 23.0 Å². The van der Waals surface area contributed by atoms with Gasteiger partial charge in [0.2, 0.25) is 11.8 Å². The lowest BCUT2D eigenvalue weighted by atomic mass is 9.95. The van der Waals surface area contributed by atoms with Gasteiger partial charge in [0, 0.05) is 30.8 Å². The minimum Gasteiger partial charge on any atom is -0.497 e. The van der Waals surface area contributed by atoms with E-state index in [-0.39, 0.29) is 13.1 Å². The molecule has 0 radical (unpaired) electrons. The number of nitrogens with zero attached hydrogens (tertiary/aromatic N) is 1. The summed E-state index contributed by atoms with van der Waals surface area (Å²) < 4.78 is 21.7. The number of amides is 3. The average molecular weight is 613 g/mol. The van der Waals surface area contributed by atoms with E-state index in [0.717, 1.165) is 0 Å². The number of ether oxygens (including phenoxy) is 4. The first-order valence-electron chi connectivity index (χ1n) is 13.9. The van der Waals surface area contributed by atoms with Crippen molar-refractivity contribution in [2.45, 2.75) is 19.0 Å². The number of nitrogens with one attached hydrogen (secondary N) is 1. The molecule has 0 bridgehead atoms. The summed E-state index contributed by atoms with van der Waals surface area (Å²) in [4.78, 5) is 41.4. The average Bonchev–Trinajstić information content (AvgIpc) is 3.05. The van der Waals surface area contributed by atoms with Crippen molar-refractivity contribution in [2.24, 2.45) is 5.73 Å². The molecule has 1 unspecified atom stereocenters. The fraction of sp³-hybridized carbons (Fsp3) is 0.206. The molecule has 0 spiro atoms. The molecule has 0 aliphatic rings. The second-order valence-corrected chi connectivity index (χ2v) is 10.1. The van der Waals surface area contributed by atoms with Gasteiger partial charge in [-0.05, 0) is 65.2 Å². The van der Waals surface area contributed by atoms with Gasteiger partial charge in [-0.15, -0.1) is 0 Å². The van der Waals surface area contributed by atoms with E-state index >= 15 is 0 Å². The summed E-state index contributed by atoms with van der Waals surface area (Å²) in [5.74, 6) is -0.968. The molecule has 0 saturated heterocycles. The minimum atomic E-state index is -1.34. The van der Waals surface area contributed by atoms with Crippen LogP contribution in [0.2, 0.25) is 0 Å². The normalized spacial score (nSPS) is 11.2. The maximum atomic E-state index is 14.2. The molecule has 0 aliphatic carbocycles. The second-order valence-electron chi connectivity index (χ2n) is 10.1. The van der Waals surface area contributed by atoms with Gasteiger partial charge >= 0.3 is 0 Å². The number of hydrogen-bond donors (Lipinski definition) is 3. The van der Waals surface area contributed by atoms with Crippen LogP contribution in [-0.4, -0.2) is 51.1 Å². The highest BCUT2D eigenvalue weighted by atomic mass is 16.5. The zero-order valence-electron chi connectivity index (χ0n) is 25.5. The lowest BCUT2D eigenvalue weighted by molar-refractivity contribution is -0.138. The monoisotopic (exact) mass is 612 g/mol. The van der Waals surface area contributed by atoms with Crippen molar-refractivity contribution in [3.63, 3.8) is 0 Å². The molecule has 45 heavy (non-hydrogen) atoms. The number of hydrogen-bond acceptors (Lipinski definition) is 8. The maximum Gasteiger partial charge on any atom is 0.255 e. The van der Waals surface area contributed by atoms with Crippen molar-refractivity contribution < 1.29 is 33.3 Å². The Bertz CT molecular complexity index is 1570. The summed E-state index contributed by atoms with van der Waals surface area (Å²) >= 11 is 0. The molecule has 0 saturated carbocycles. The van der Waals surface area contributed by atoms with Gasteiger partial charge in [-0.25, -0.2) is 0 Å². The molecule has 0 aliphatic heterocycles. The van der Waals surface area contributed by atoms with E-state index in [1.807, 2.05) is 0 Å². The van der Waals surface area contributed by atoms with Crippen LogP contribution in [0.3, 0.4) is 0 Å². The van der Waals surface area contributed by atoms with Crippen molar-refractivity contribution in [1.29, 1.82) is 0 Å². The molecule has 4 aromatic rings. The summed E-state index contributed by atoms with van der Waals surface area (Å²) in [5.41, 5.74) is 14.7. The maximum absolute atomic E-state index is 14.2. The largest absolute Gasteiger partial charge is 0.497 e. The Labute approximate surface area is 261 Å². The lowest BCUT2D eigenvalue weighted by Gasteiger charge is -2.27. The van der Waals surface area contributed by atoms with Crippen LogP contribution in [0.1, 0.15) is 33.0 Å². The van der Waals surface area contributed by atoms with E-state index in [4.69, 9.17) is 30.4 Å². The SMILES string of the molecule is COc1cc(CN(Cc2cc(OC)cc(OC)c2)C(=O)C(C(N)=O)c2ccc(C(=O)Nc3ccccc3N)cc2)cc(OC)c1. The number of para-hydroxylation sites is 2. The number of carbonyl (C=O) groups excluding carboxylic acids is 3. The van der Waals surface area contributed by atoms with Crippen molar-refractivity contribution in [1.82, 2.24) is 4.90 Å². The van der Waals surface area contributed by atoms with Crippen LogP contribution < -0.4 is 35.7 Å². The highest BCUT2D eigenvalue weighted by molar-refractivity contribution is 6.07. The zero-order chi connectivity index (χ0) is 32.5. The van der Waals surface area contributed by atoms with E-state index in [2.05, 4.69) is 5.32 Å². The van der Waals surface area contributed by atoms with Crippen LogP contribution >= 0.6 is 0 Å². The number of nitrogen functional groups attached to an aromatic ring is 1. The second kappa shape index (κ2) is 14.6. The molecule has 4 rings (SSSR count). The van der Waals surface area contributed by atoms with Gasteiger partial charge in [-0.1, -0.05) is 24.3 Å². The first-order chi connectivity index (χ1) is 21.6. The molecule has 11 nitrogen and oxygen atoms in total. The summed E-state index contributed by atoms with van der Waals surface area (Å²) in [6.07, 6.45) is 0.